The molecule has 0 aromatic heterocycles. The van der Waals surface area contributed by atoms with Crippen LogP contribution in [0.2, 0.25) is 0 Å². The summed E-state index contributed by atoms with van der Waals surface area (Å²) in [7, 11) is 0. The predicted octanol–water partition coefficient (Wildman–Crippen LogP) is 3.69. The Morgan fingerprint density at radius 3 is 2.19 bits per heavy atom. The molecule has 0 heterocycles. The second-order valence-electron chi connectivity index (χ2n) is 4.37. The highest BCUT2D eigenvalue weighted by Gasteiger charge is 2.19. The Morgan fingerprint density at radius 1 is 1.00 bits per heavy atom. The van der Waals surface area contributed by atoms with Gasteiger partial charge in [-0.15, -0.1) is 0 Å². The van der Waals surface area contributed by atoms with E-state index in [1.165, 1.54) is 6.08 Å². The van der Waals surface area contributed by atoms with E-state index in [2.05, 4.69) is 6.58 Å². The molecular formula is C18H16O3. The van der Waals surface area contributed by atoms with Crippen LogP contribution >= 0.6 is 0 Å². The molecule has 3 nitrogen and oxygen atoms in total. The van der Waals surface area contributed by atoms with Crippen molar-refractivity contribution in [1.82, 2.24) is 0 Å². The van der Waals surface area contributed by atoms with E-state index in [4.69, 9.17) is 4.74 Å². The lowest BCUT2D eigenvalue weighted by molar-refractivity contribution is 0.100. The van der Waals surface area contributed by atoms with Crippen LogP contribution in [0, 0.1) is 0 Å². The molecule has 0 N–H and O–H groups in total. The van der Waals surface area contributed by atoms with E-state index in [0.717, 1.165) is 0 Å². The number of ketones is 2. The molecule has 0 aliphatic carbocycles. The van der Waals surface area contributed by atoms with Gasteiger partial charge in [0.1, 0.15) is 5.75 Å². The number of hydrogen-bond donors (Lipinski definition) is 0. The number of hydrogen-bond acceptors (Lipinski definition) is 3. The molecule has 0 aliphatic rings. The number of allylic oxidation sites excluding steroid dienone is 1. The first-order chi connectivity index (χ1) is 10.2. The van der Waals surface area contributed by atoms with Gasteiger partial charge >= 0.3 is 0 Å². The first-order valence-electron chi connectivity index (χ1n) is 6.71. The Hall–Kier alpha value is -2.68. The molecule has 21 heavy (non-hydrogen) atoms. The molecule has 3 heteroatoms. The molecule has 0 saturated heterocycles. The van der Waals surface area contributed by atoms with Gasteiger partial charge in [-0.25, -0.2) is 0 Å². The van der Waals surface area contributed by atoms with Crippen molar-refractivity contribution in [2.75, 3.05) is 6.61 Å². The van der Waals surface area contributed by atoms with Crippen LogP contribution in [0.3, 0.4) is 0 Å². The third-order valence-electron chi connectivity index (χ3n) is 3.05. The molecule has 106 valence electrons. The molecule has 0 radical (unpaired) electrons. The van der Waals surface area contributed by atoms with Crippen LogP contribution in [0.5, 0.6) is 5.75 Å². The van der Waals surface area contributed by atoms with Crippen molar-refractivity contribution < 1.29 is 14.3 Å². The highest BCUT2D eigenvalue weighted by atomic mass is 16.5. The molecule has 0 fully saturated rings. The summed E-state index contributed by atoms with van der Waals surface area (Å²) >= 11 is 0. The van der Waals surface area contributed by atoms with Crippen molar-refractivity contribution in [3.8, 4) is 5.75 Å². The van der Waals surface area contributed by atoms with Crippen LogP contribution in [0.4, 0.5) is 0 Å². The first-order valence-corrected chi connectivity index (χ1v) is 6.71. The smallest absolute Gasteiger partial charge is 0.197 e. The van der Waals surface area contributed by atoms with Crippen molar-refractivity contribution in [3.05, 3.63) is 77.9 Å². The lowest BCUT2D eigenvalue weighted by Crippen LogP contribution is -2.10. The van der Waals surface area contributed by atoms with Gasteiger partial charge in [-0.1, -0.05) is 43.0 Å². The normalized spacial score (nSPS) is 9.95. The number of rotatable bonds is 6. The fourth-order valence-corrected chi connectivity index (χ4v) is 2.09. The average molecular weight is 280 g/mol. The zero-order valence-electron chi connectivity index (χ0n) is 11.8. The second kappa shape index (κ2) is 6.66. The van der Waals surface area contributed by atoms with Gasteiger partial charge in [-0.2, -0.15) is 0 Å². The molecule has 0 bridgehead atoms. The largest absolute Gasteiger partial charge is 0.493 e. The maximum absolute atomic E-state index is 12.7. The first kappa shape index (κ1) is 14.7. The van der Waals surface area contributed by atoms with E-state index in [1.54, 1.807) is 42.5 Å². The molecular weight excluding hydrogens is 264 g/mol. The van der Waals surface area contributed by atoms with E-state index in [-0.39, 0.29) is 11.6 Å². The summed E-state index contributed by atoms with van der Waals surface area (Å²) in [5.41, 5.74) is 1.15. The SMILES string of the molecule is C=CC(=O)c1ccccc1C(=O)c1ccccc1OCC. The van der Waals surface area contributed by atoms with E-state index in [0.29, 0.717) is 29.0 Å². The molecule has 0 atom stereocenters. The Kier molecular flexibility index (Phi) is 4.67. The van der Waals surface area contributed by atoms with Crippen molar-refractivity contribution in [2.24, 2.45) is 0 Å². The standard InChI is InChI=1S/C18H16O3/c1-3-16(19)13-9-5-6-10-14(13)18(20)15-11-7-8-12-17(15)21-4-2/h3,5-12H,1,4H2,2H3. The van der Waals surface area contributed by atoms with Crippen molar-refractivity contribution in [2.45, 2.75) is 6.92 Å². The number of carbonyl (C=O) groups excluding carboxylic acids is 2. The number of carbonyl (C=O) groups is 2. The van der Waals surface area contributed by atoms with E-state index >= 15 is 0 Å². The Morgan fingerprint density at radius 2 is 1.57 bits per heavy atom. The van der Waals surface area contributed by atoms with Gasteiger partial charge in [-0.3, -0.25) is 9.59 Å². The highest BCUT2D eigenvalue weighted by Crippen LogP contribution is 2.23. The fraction of sp³-hybridized carbons (Fsp3) is 0.111. The van der Waals surface area contributed by atoms with Crippen LogP contribution in [-0.2, 0) is 0 Å². The maximum Gasteiger partial charge on any atom is 0.197 e. The van der Waals surface area contributed by atoms with Gasteiger partial charge in [0.15, 0.2) is 11.6 Å². The van der Waals surface area contributed by atoms with E-state index in [9.17, 15) is 9.59 Å². The third kappa shape index (κ3) is 3.08. The molecule has 0 unspecified atom stereocenters. The quantitative estimate of drug-likeness (QED) is 0.598. The van der Waals surface area contributed by atoms with Gasteiger partial charge in [0, 0.05) is 11.1 Å². The second-order valence-corrected chi connectivity index (χ2v) is 4.37. The monoisotopic (exact) mass is 280 g/mol. The summed E-state index contributed by atoms with van der Waals surface area (Å²) in [5.74, 6) is 0.0172. The predicted molar refractivity (Wildman–Crippen MR) is 82.0 cm³/mol. The van der Waals surface area contributed by atoms with Crippen LogP contribution < -0.4 is 4.74 Å². The molecule has 2 aromatic carbocycles. The van der Waals surface area contributed by atoms with Crippen molar-refractivity contribution in [1.29, 1.82) is 0 Å². The van der Waals surface area contributed by atoms with Gasteiger partial charge in [0.05, 0.1) is 12.2 Å². The Balaban J connectivity index is 2.51. The topological polar surface area (TPSA) is 43.4 Å². The number of benzene rings is 2. The molecule has 0 saturated carbocycles. The van der Waals surface area contributed by atoms with E-state index in [1.807, 2.05) is 13.0 Å². The van der Waals surface area contributed by atoms with Crippen LogP contribution in [-0.4, -0.2) is 18.2 Å². The molecule has 0 amide bonds. The molecule has 0 spiro atoms. The summed E-state index contributed by atoms with van der Waals surface area (Å²) in [6.45, 7) is 5.80. The summed E-state index contributed by atoms with van der Waals surface area (Å²) in [4.78, 5) is 24.6. The van der Waals surface area contributed by atoms with Crippen LogP contribution in [0.1, 0.15) is 33.2 Å². The van der Waals surface area contributed by atoms with Crippen LogP contribution in [0.15, 0.2) is 61.2 Å². The fourth-order valence-electron chi connectivity index (χ4n) is 2.09. The summed E-state index contributed by atoms with van der Waals surface area (Å²) in [6.07, 6.45) is 1.21. The van der Waals surface area contributed by atoms with Gasteiger partial charge in [0.25, 0.3) is 0 Å². The minimum Gasteiger partial charge on any atom is -0.493 e. The third-order valence-corrected chi connectivity index (χ3v) is 3.05. The van der Waals surface area contributed by atoms with Gasteiger partial charge < -0.3 is 4.74 Å². The number of ether oxygens (including phenoxy) is 1. The average Bonchev–Trinajstić information content (AvgIpc) is 2.54. The zero-order valence-corrected chi connectivity index (χ0v) is 11.8. The Bertz CT molecular complexity index is 686. The van der Waals surface area contributed by atoms with E-state index < -0.39 is 0 Å². The molecule has 2 rings (SSSR count). The Labute approximate surface area is 123 Å². The molecule has 2 aromatic rings. The minimum atomic E-state index is -0.271. The lowest BCUT2D eigenvalue weighted by atomic mass is 9.95. The lowest BCUT2D eigenvalue weighted by Gasteiger charge is -2.11. The highest BCUT2D eigenvalue weighted by molar-refractivity contribution is 6.18. The van der Waals surface area contributed by atoms with Crippen LogP contribution in [0.25, 0.3) is 0 Å². The maximum atomic E-state index is 12.7. The zero-order chi connectivity index (χ0) is 15.2. The van der Waals surface area contributed by atoms with Gasteiger partial charge in [0.2, 0.25) is 0 Å². The van der Waals surface area contributed by atoms with Gasteiger partial charge in [-0.05, 0) is 25.1 Å². The van der Waals surface area contributed by atoms with Crippen molar-refractivity contribution >= 4 is 11.6 Å². The summed E-state index contributed by atoms with van der Waals surface area (Å²) in [5, 5.41) is 0. The number of para-hydroxylation sites is 1. The van der Waals surface area contributed by atoms with Crippen molar-refractivity contribution in [3.63, 3.8) is 0 Å². The summed E-state index contributed by atoms with van der Waals surface area (Å²) in [6, 6.07) is 13.7. The summed E-state index contributed by atoms with van der Waals surface area (Å²) < 4.78 is 5.48. The minimum absolute atomic E-state index is 0.232. The molecule has 0 aliphatic heterocycles.